The Labute approximate surface area is 156 Å². The summed E-state index contributed by atoms with van der Waals surface area (Å²) in [7, 11) is 0. The van der Waals surface area contributed by atoms with Crippen LogP contribution in [-0.4, -0.2) is 40.9 Å². The molecule has 0 bridgehead atoms. The quantitative estimate of drug-likeness (QED) is 0.715. The van der Waals surface area contributed by atoms with Gasteiger partial charge in [0.1, 0.15) is 6.04 Å². The number of piperazine rings is 1. The van der Waals surface area contributed by atoms with Crippen molar-refractivity contribution in [3.05, 3.63) is 65.0 Å². The fourth-order valence-corrected chi connectivity index (χ4v) is 4.47. The van der Waals surface area contributed by atoms with E-state index in [4.69, 9.17) is 0 Å². The van der Waals surface area contributed by atoms with Gasteiger partial charge < -0.3 is 9.80 Å². The number of rotatable bonds is 3. The van der Waals surface area contributed by atoms with Gasteiger partial charge in [0.15, 0.2) is 0 Å². The molecule has 1 saturated heterocycles. The molecule has 1 aromatic heterocycles. The number of fused-ring (bicyclic) bond motifs is 1. The Hall–Kier alpha value is -2.60. The number of aromatic nitrogens is 1. The SMILES string of the molecule is CC(C(=O)N1CCN(c2ccccc2)CC1)n1sc2ccccc2c1=O. The zero-order chi connectivity index (χ0) is 18.1. The van der Waals surface area contributed by atoms with Gasteiger partial charge in [0, 0.05) is 31.9 Å². The molecular weight excluding hydrogens is 346 g/mol. The molecule has 0 radical (unpaired) electrons. The molecule has 26 heavy (non-hydrogen) atoms. The molecule has 3 aromatic rings. The van der Waals surface area contributed by atoms with E-state index in [0.29, 0.717) is 18.5 Å². The predicted octanol–water partition coefficient (Wildman–Crippen LogP) is 2.97. The maximum atomic E-state index is 12.9. The first kappa shape index (κ1) is 16.8. The van der Waals surface area contributed by atoms with Crippen LogP contribution in [0.2, 0.25) is 0 Å². The number of amides is 1. The summed E-state index contributed by atoms with van der Waals surface area (Å²) in [5, 5.41) is 0.686. The van der Waals surface area contributed by atoms with Crippen LogP contribution in [-0.2, 0) is 4.79 Å². The van der Waals surface area contributed by atoms with Crippen molar-refractivity contribution in [2.45, 2.75) is 13.0 Å². The molecule has 0 saturated carbocycles. The maximum Gasteiger partial charge on any atom is 0.269 e. The van der Waals surface area contributed by atoms with E-state index in [2.05, 4.69) is 17.0 Å². The molecule has 5 nitrogen and oxygen atoms in total. The van der Waals surface area contributed by atoms with E-state index in [1.165, 1.54) is 17.2 Å². The third kappa shape index (κ3) is 3.01. The van der Waals surface area contributed by atoms with Gasteiger partial charge in [-0.05, 0) is 31.2 Å². The Bertz CT molecular complexity index is 971. The molecule has 6 heteroatoms. The Morgan fingerprint density at radius 3 is 2.31 bits per heavy atom. The lowest BCUT2D eigenvalue weighted by molar-refractivity contribution is -0.134. The Morgan fingerprint density at radius 1 is 0.962 bits per heavy atom. The molecule has 1 fully saturated rings. The summed E-state index contributed by atoms with van der Waals surface area (Å²) in [6, 6.07) is 17.3. The Kier molecular flexibility index (Phi) is 4.51. The van der Waals surface area contributed by atoms with Gasteiger partial charge in [-0.2, -0.15) is 0 Å². The van der Waals surface area contributed by atoms with Gasteiger partial charge in [-0.3, -0.25) is 13.5 Å². The molecule has 0 spiro atoms. The fraction of sp³-hybridized carbons (Fsp3) is 0.300. The summed E-state index contributed by atoms with van der Waals surface area (Å²) in [4.78, 5) is 29.7. The summed E-state index contributed by atoms with van der Waals surface area (Å²) in [6.45, 7) is 4.80. The summed E-state index contributed by atoms with van der Waals surface area (Å²) in [5.74, 6) is 0.0198. The zero-order valence-electron chi connectivity index (χ0n) is 14.7. The van der Waals surface area contributed by atoms with E-state index < -0.39 is 6.04 Å². The lowest BCUT2D eigenvalue weighted by atomic mass is 10.2. The van der Waals surface area contributed by atoms with Crippen molar-refractivity contribution in [1.82, 2.24) is 8.86 Å². The Morgan fingerprint density at radius 2 is 1.62 bits per heavy atom. The standard InChI is InChI=1S/C20H21N3O2S/c1-15(23-20(25)17-9-5-6-10-18(17)26-23)19(24)22-13-11-21(12-14-22)16-7-3-2-4-8-16/h2-10,15H,11-14H2,1H3. The summed E-state index contributed by atoms with van der Waals surface area (Å²) in [5.41, 5.74) is 1.11. The first-order valence-electron chi connectivity index (χ1n) is 8.84. The minimum atomic E-state index is -0.469. The molecule has 134 valence electrons. The van der Waals surface area contributed by atoms with E-state index in [1.807, 2.05) is 54.3 Å². The van der Waals surface area contributed by atoms with Crippen LogP contribution in [0.25, 0.3) is 10.1 Å². The first-order valence-corrected chi connectivity index (χ1v) is 9.62. The van der Waals surface area contributed by atoms with Crippen molar-refractivity contribution < 1.29 is 4.79 Å². The third-order valence-electron chi connectivity index (χ3n) is 4.94. The van der Waals surface area contributed by atoms with Crippen LogP contribution in [0, 0.1) is 0 Å². The van der Waals surface area contributed by atoms with Gasteiger partial charge in [-0.15, -0.1) is 0 Å². The van der Waals surface area contributed by atoms with Crippen LogP contribution in [0.15, 0.2) is 59.4 Å². The highest BCUT2D eigenvalue weighted by molar-refractivity contribution is 7.14. The molecule has 1 amide bonds. The maximum absolute atomic E-state index is 12.9. The second kappa shape index (κ2) is 6.96. The number of anilines is 1. The van der Waals surface area contributed by atoms with Crippen LogP contribution < -0.4 is 10.5 Å². The molecule has 1 aliphatic rings. The predicted molar refractivity (Wildman–Crippen MR) is 106 cm³/mol. The first-order chi connectivity index (χ1) is 12.6. The largest absolute Gasteiger partial charge is 0.368 e. The average Bonchev–Trinajstić information content (AvgIpc) is 3.04. The minimum Gasteiger partial charge on any atom is -0.368 e. The van der Waals surface area contributed by atoms with Crippen LogP contribution >= 0.6 is 11.5 Å². The number of hydrogen-bond donors (Lipinski definition) is 0. The van der Waals surface area contributed by atoms with E-state index in [-0.39, 0.29) is 11.5 Å². The second-order valence-corrected chi connectivity index (χ2v) is 7.56. The number of hydrogen-bond acceptors (Lipinski definition) is 4. The van der Waals surface area contributed by atoms with Gasteiger partial charge in [0.25, 0.3) is 5.56 Å². The normalized spacial score (nSPS) is 16.0. The summed E-state index contributed by atoms with van der Waals surface area (Å²) >= 11 is 1.37. The van der Waals surface area contributed by atoms with Crippen molar-refractivity contribution in [3.63, 3.8) is 0 Å². The highest BCUT2D eigenvalue weighted by Gasteiger charge is 2.27. The number of carbonyl (C=O) groups is 1. The molecular formula is C20H21N3O2S. The van der Waals surface area contributed by atoms with Crippen LogP contribution in [0.4, 0.5) is 5.69 Å². The fourth-order valence-electron chi connectivity index (χ4n) is 3.43. The lowest BCUT2D eigenvalue weighted by Gasteiger charge is -2.37. The average molecular weight is 367 g/mol. The molecule has 4 rings (SSSR count). The molecule has 1 aliphatic heterocycles. The number of para-hydroxylation sites is 1. The molecule has 2 aromatic carbocycles. The number of carbonyl (C=O) groups excluding carboxylic acids is 1. The lowest BCUT2D eigenvalue weighted by Crippen LogP contribution is -2.50. The minimum absolute atomic E-state index is 0.0198. The molecule has 1 atom stereocenters. The van der Waals surface area contributed by atoms with E-state index >= 15 is 0 Å². The van der Waals surface area contributed by atoms with Gasteiger partial charge >= 0.3 is 0 Å². The molecule has 0 aliphatic carbocycles. The van der Waals surface area contributed by atoms with E-state index in [0.717, 1.165) is 17.8 Å². The highest BCUT2D eigenvalue weighted by Crippen LogP contribution is 2.22. The monoisotopic (exact) mass is 367 g/mol. The molecule has 1 unspecified atom stereocenters. The van der Waals surface area contributed by atoms with E-state index in [9.17, 15) is 9.59 Å². The Balaban J connectivity index is 1.48. The van der Waals surface area contributed by atoms with Crippen LogP contribution in [0.1, 0.15) is 13.0 Å². The molecule has 2 heterocycles. The number of benzene rings is 2. The van der Waals surface area contributed by atoms with Gasteiger partial charge in [-0.1, -0.05) is 41.9 Å². The van der Waals surface area contributed by atoms with Crippen molar-refractivity contribution in [2.75, 3.05) is 31.1 Å². The second-order valence-electron chi connectivity index (χ2n) is 6.54. The molecule has 0 N–H and O–H groups in total. The van der Waals surface area contributed by atoms with E-state index in [1.54, 1.807) is 3.96 Å². The highest BCUT2D eigenvalue weighted by atomic mass is 32.1. The summed E-state index contributed by atoms with van der Waals surface area (Å²) in [6.07, 6.45) is 0. The van der Waals surface area contributed by atoms with Crippen molar-refractivity contribution >= 4 is 33.2 Å². The van der Waals surface area contributed by atoms with Crippen molar-refractivity contribution in [2.24, 2.45) is 0 Å². The van der Waals surface area contributed by atoms with Crippen LogP contribution in [0.5, 0.6) is 0 Å². The van der Waals surface area contributed by atoms with Crippen LogP contribution in [0.3, 0.4) is 0 Å². The third-order valence-corrected chi connectivity index (χ3v) is 6.17. The zero-order valence-corrected chi connectivity index (χ0v) is 15.5. The smallest absolute Gasteiger partial charge is 0.269 e. The topological polar surface area (TPSA) is 45.6 Å². The van der Waals surface area contributed by atoms with Gasteiger partial charge in [0.05, 0.1) is 10.1 Å². The van der Waals surface area contributed by atoms with Crippen molar-refractivity contribution in [3.8, 4) is 0 Å². The van der Waals surface area contributed by atoms with Gasteiger partial charge in [-0.25, -0.2) is 0 Å². The van der Waals surface area contributed by atoms with Gasteiger partial charge in [0.2, 0.25) is 5.91 Å². The van der Waals surface area contributed by atoms with Crippen molar-refractivity contribution in [1.29, 1.82) is 0 Å². The number of nitrogens with zero attached hydrogens (tertiary/aromatic N) is 3. The summed E-state index contributed by atoms with van der Waals surface area (Å²) < 4.78 is 2.53.